The molecule has 0 saturated heterocycles. The van der Waals surface area contributed by atoms with Crippen molar-refractivity contribution in [3.63, 3.8) is 0 Å². The first-order valence-corrected chi connectivity index (χ1v) is 2.82. The second-order valence-electron chi connectivity index (χ2n) is 1.29. The van der Waals surface area contributed by atoms with E-state index in [9.17, 15) is 9.59 Å². The maximum absolute atomic E-state index is 9.60. The van der Waals surface area contributed by atoms with Gasteiger partial charge in [0.15, 0.2) is 0 Å². The maximum Gasteiger partial charge on any atom is 0.404 e. The van der Waals surface area contributed by atoms with Crippen molar-refractivity contribution in [1.29, 1.82) is 0 Å². The number of aliphatic carboxylic acids is 1. The van der Waals surface area contributed by atoms with Crippen molar-refractivity contribution in [2.45, 2.75) is 6.92 Å². The molecule has 6 nitrogen and oxygen atoms in total. The highest BCUT2D eigenvalue weighted by Crippen LogP contribution is 1.66. The molecular formula is C6H14N2O4. The van der Waals surface area contributed by atoms with Gasteiger partial charge in [0.05, 0.1) is 6.61 Å². The lowest BCUT2D eigenvalue weighted by Gasteiger charge is -1.89. The minimum absolute atomic E-state index is 0. The SMILES string of the molecule is C=CC(=O)O.CCOC(N)=O.N. The van der Waals surface area contributed by atoms with Gasteiger partial charge < -0.3 is 21.7 Å². The lowest BCUT2D eigenvalue weighted by molar-refractivity contribution is -0.131. The van der Waals surface area contributed by atoms with Gasteiger partial charge in [0, 0.05) is 6.08 Å². The number of carbonyl (C=O) groups excluding carboxylic acids is 1. The Morgan fingerprint density at radius 3 is 2.00 bits per heavy atom. The number of hydrogen-bond donors (Lipinski definition) is 3. The van der Waals surface area contributed by atoms with Crippen LogP contribution >= 0.6 is 0 Å². The van der Waals surface area contributed by atoms with Crippen molar-refractivity contribution in [3.8, 4) is 0 Å². The number of amides is 1. The summed E-state index contributed by atoms with van der Waals surface area (Å²) >= 11 is 0. The molecule has 0 aliphatic carbocycles. The Morgan fingerprint density at radius 1 is 1.67 bits per heavy atom. The van der Waals surface area contributed by atoms with E-state index in [0.717, 1.165) is 6.08 Å². The predicted molar refractivity (Wildman–Crippen MR) is 44.1 cm³/mol. The average Bonchev–Trinajstić information content (AvgIpc) is 1.89. The van der Waals surface area contributed by atoms with Crippen molar-refractivity contribution >= 4 is 12.1 Å². The molecule has 1 amide bonds. The molecule has 6 N–H and O–H groups in total. The number of hydrogen-bond acceptors (Lipinski definition) is 4. The van der Waals surface area contributed by atoms with Gasteiger partial charge in [-0.05, 0) is 6.92 Å². The standard InChI is InChI=1S/C3H7NO2.C3H4O2.H3N/c1-2-6-3(4)5;1-2-3(4)5;/h2H2,1H3,(H2,4,5);2H,1H2,(H,4,5);1H3. The summed E-state index contributed by atoms with van der Waals surface area (Å²) in [6.45, 7) is 5.02. The largest absolute Gasteiger partial charge is 0.478 e. The molecule has 0 aromatic carbocycles. The zero-order valence-corrected chi connectivity index (χ0v) is 6.95. The summed E-state index contributed by atoms with van der Waals surface area (Å²) in [4.78, 5) is 18.8. The van der Waals surface area contributed by atoms with Crippen molar-refractivity contribution in [2.75, 3.05) is 6.61 Å². The molecule has 0 unspecified atom stereocenters. The summed E-state index contributed by atoms with van der Waals surface area (Å²) < 4.78 is 4.18. The molecule has 0 aliphatic heterocycles. The molecule has 6 heteroatoms. The van der Waals surface area contributed by atoms with Crippen LogP contribution in [-0.4, -0.2) is 23.8 Å². The monoisotopic (exact) mass is 178 g/mol. The van der Waals surface area contributed by atoms with Crippen LogP contribution in [0.1, 0.15) is 6.92 Å². The van der Waals surface area contributed by atoms with E-state index in [1.165, 1.54) is 0 Å². The molecule has 0 heterocycles. The molecule has 72 valence electrons. The van der Waals surface area contributed by atoms with E-state index in [2.05, 4.69) is 17.0 Å². The quantitative estimate of drug-likeness (QED) is 0.531. The Balaban J connectivity index is -0.000000126. The number of nitrogens with two attached hydrogens (primary N) is 1. The number of primary amides is 1. The van der Waals surface area contributed by atoms with Crippen LogP contribution in [0.3, 0.4) is 0 Å². The van der Waals surface area contributed by atoms with Gasteiger partial charge in [-0.15, -0.1) is 0 Å². The molecule has 0 bridgehead atoms. The highest BCUT2D eigenvalue weighted by molar-refractivity contribution is 5.78. The minimum Gasteiger partial charge on any atom is -0.478 e. The van der Waals surface area contributed by atoms with E-state index in [1.54, 1.807) is 6.92 Å². The molecule has 0 atom stereocenters. The van der Waals surface area contributed by atoms with Crippen LogP contribution in [0.2, 0.25) is 0 Å². The number of carbonyl (C=O) groups is 2. The van der Waals surface area contributed by atoms with Crippen molar-refractivity contribution in [2.24, 2.45) is 5.73 Å². The van der Waals surface area contributed by atoms with E-state index in [1.807, 2.05) is 0 Å². The maximum atomic E-state index is 9.60. The molecule has 0 aliphatic rings. The fourth-order valence-electron chi connectivity index (χ4n) is 0.142. The third-order valence-electron chi connectivity index (χ3n) is 0.461. The Labute approximate surface area is 70.6 Å². The molecule has 0 fully saturated rings. The van der Waals surface area contributed by atoms with Gasteiger partial charge in [-0.3, -0.25) is 0 Å². The first kappa shape index (κ1) is 16.8. The lowest BCUT2D eigenvalue weighted by atomic mass is 10.7. The fourth-order valence-corrected chi connectivity index (χ4v) is 0.142. The van der Waals surface area contributed by atoms with Gasteiger partial charge in [-0.2, -0.15) is 0 Å². The summed E-state index contributed by atoms with van der Waals surface area (Å²) in [5.41, 5.74) is 4.54. The number of carboxylic acid groups (broad SMARTS) is 1. The molecule has 0 aromatic rings. The number of carboxylic acids is 1. The zero-order valence-electron chi connectivity index (χ0n) is 6.95. The van der Waals surface area contributed by atoms with Crippen molar-refractivity contribution in [3.05, 3.63) is 12.7 Å². The van der Waals surface area contributed by atoms with Gasteiger partial charge >= 0.3 is 12.1 Å². The number of rotatable bonds is 2. The Kier molecular flexibility index (Phi) is 17.0. The lowest BCUT2D eigenvalue weighted by Crippen LogP contribution is -2.11. The Morgan fingerprint density at radius 2 is 2.00 bits per heavy atom. The van der Waals surface area contributed by atoms with Crippen LogP contribution < -0.4 is 11.9 Å². The molecule has 0 spiro atoms. The van der Waals surface area contributed by atoms with Gasteiger partial charge in [-0.1, -0.05) is 6.58 Å². The van der Waals surface area contributed by atoms with Crippen LogP contribution in [0, 0.1) is 0 Å². The third-order valence-corrected chi connectivity index (χ3v) is 0.461. The molecule has 0 saturated carbocycles. The van der Waals surface area contributed by atoms with E-state index < -0.39 is 12.1 Å². The highest BCUT2D eigenvalue weighted by atomic mass is 16.5. The first-order valence-electron chi connectivity index (χ1n) is 2.82. The fraction of sp³-hybridized carbons (Fsp3) is 0.333. The Bertz CT molecular complexity index is 146. The van der Waals surface area contributed by atoms with Crippen LogP contribution in [0.25, 0.3) is 0 Å². The van der Waals surface area contributed by atoms with Crippen LogP contribution in [0.5, 0.6) is 0 Å². The van der Waals surface area contributed by atoms with E-state index in [0.29, 0.717) is 6.61 Å². The molecule has 12 heavy (non-hydrogen) atoms. The predicted octanol–water partition coefficient (Wildman–Crippen LogP) is 0.521. The van der Waals surface area contributed by atoms with E-state index in [-0.39, 0.29) is 6.15 Å². The summed E-state index contributed by atoms with van der Waals surface area (Å²) in [6.07, 6.45) is 0.123. The highest BCUT2D eigenvalue weighted by Gasteiger charge is 1.82. The second-order valence-corrected chi connectivity index (χ2v) is 1.29. The van der Waals surface area contributed by atoms with Crippen LogP contribution in [-0.2, 0) is 9.53 Å². The molecule has 0 radical (unpaired) electrons. The summed E-state index contributed by atoms with van der Waals surface area (Å²) in [5.74, 6) is -0.981. The Hall–Kier alpha value is -1.56. The van der Waals surface area contributed by atoms with Gasteiger partial charge in [-0.25, -0.2) is 9.59 Å². The number of ether oxygens (including phenoxy) is 1. The van der Waals surface area contributed by atoms with E-state index in [4.69, 9.17) is 5.11 Å². The van der Waals surface area contributed by atoms with Crippen LogP contribution in [0.15, 0.2) is 12.7 Å². The molecule has 0 aromatic heterocycles. The summed E-state index contributed by atoms with van der Waals surface area (Å²) in [7, 11) is 0. The minimum atomic E-state index is -0.981. The van der Waals surface area contributed by atoms with Crippen LogP contribution in [0.4, 0.5) is 4.79 Å². The van der Waals surface area contributed by atoms with Gasteiger partial charge in [0.1, 0.15) is 0 Å². The molecular weight excluding hydrogens is 164 g/mol. The normalized spacial score (nSPS) is 6.42. The van der Waals surface area contributed by atoms with Crippen molar-refractivity contribution < 1.29 is 19.4 Å². The zero-order chi connectivity index (χ0) is 9.28. The smallest absolute Gasteiger partial charge is 0.404 e. The van der Waals surface area contributed by atoms with Gasteiger partial charge in [0.25, 0.3) is 0 Å². The van der Waals surface area contributed by atoms with Crippen molar-refractivity contribution in [1.82, 2.24) is 6.15 Å². The third kappa shape index (κ3) is 39.5. The second kappa shape index (κ2) is 12.1. The summed E-state index contributed by atoms with van der Waals surface area (Å²) in [6, 6.07) is 0. The topological polar surface area (TPSA) is 125 Å². The molecule has 0 rings (SSSR count). The summed E-state index contributed by atoms with van der Waals surface area (Å²) in [5, 5.41) is 7.60. The van der Waals surface area contributed by atoms with E-state index >= 15 is 0 Å². The first-order chi connectivity index (χ1) is 5.04. The van der Waals surface area contributed by atoms with Gasteiger partial charge in [0.2, 0.25) is 0 Å². The average molecular weight is 178 g/mol.